The van der Waals surface area contributed by atoms with Crippen LogP contribution in [0.25, 0.3) is 0 Å². The van der Waals surface area contributed by atoms with Crippen molar-refractivity contribution < 1.29 is 5.11 Å². The Bertz CT molecular complexity index is 480. The summed E-state index contributed by atoms with van der Waals surface area (Å²) in [7, 11) is 0. The second-order valence-electron chi connectivity index (χ2n) is 5.79. The molecule has 3 heteroatoms. The van der Waals surface area contributed by atoms with Gasteiger partial charge >= 0.3 is 0 Å². The van der Waals surface area contributed by atoms with Crippen LogP contribution in [0.3, 0.4) is 0 Å². The number of aryl methyl sites for hydroxylation is 1. The molecule has 2 nitrogen and oxygen atoms in total. The molecule has 2 aliphatic carbocycles. The summed E-state index contributed by atoms with van der Waals surface area (Å²) in [5, 5.41) is 10.9. The number of benzene rings is 1. The van der Waals surface area contributed by atoms with Gasteiger partial charge < -0.3 is 10.8 Å². The normalized spacial score (nSPS) is 21.9. The van der Waals surface area contributed by atoms with Crippen LogP contribution in [0.2, 0.25) is 5.02 Å². The van der Waals surface area contributed by atoms with E-state index in [4.69, 9.17) is 17.3 Å². The summed E-state index contributed by atoms with van der Waals surface area (Å²) >= 11 is 6.37. The van der Waals surface area contributed by atoms with Gasteiger partial charge in [0.05, 0.1) is 5.02 Å². The number of halogens is 1. The number of phenolic OH excluding ortho intramolecular Hbond substituents is 1. The molecule has 3 N–H and O–H groups in total. The van der Waals surface area contributed by atoms with Gasteiger partial charge in [-0.3, -0.25) is 0 Å². The fourth-order valence-electron chi connectivity index (χ4n) is 3.23. The minimum absolute atomic E-state index is 0.236. The van der Waals surface area contributed by atoms with Crippen LogP contribution in [0.15, 0.2) is 6.07 Å². The van der Waals surface area contributed by atoms with Gasteiger partial charge in [0, 0.05) is 11.1 Å². The molecule has 0 atom stereocenters. The molecule has 0 heterocycles. The molecule has 1 aromatic carbocycles. The van der Waals surface area contributed by atoms with Crippen molar-refractivity contribution in [2.75, 3.05) is 0 Å². The van der Waals surface area contributed by atoms with Crippen LogP contribution in [-0.4, -0.2) is 5.11 Å². The lowest BCUT2D eigenvalue weighted by atomic mass is 9.71. The van der Waals surface area contributed by atoms with E-state index in [2.05, 4.69) is 6.07 Å². The number of rotatable bonds is 1. The summed E-state index contributed by atoms with van der Waals surface area (Å²) in [5.41, 5.74) is 9.34. The summed E-state index contributed by atoms with van der Waals surface area (Å²) in [6.07, 6.45) is 8.73. The van der Waals surface area contributed by atoms with Crippen molar-refractivity contribution in [1.82, 2.24) is 0 Å². The van der Waals surface area contributed by atoms with Crippen LogP contribution < -0.4 is 5.73 Å². The molecule has 1 saturated carbocycles. The Kier molecular flexibility index (Phi) is 3.03. The van der Waals surface area contributed by atoms with Crippen molar-refractivity contribution in [1.29, 1.82) is 0 Å². The van der Waals surface area contributed by atoms with Crippen LogP contribution in [0, 0.1) is 0 Å². The topological polar surface area (TPSA) is 46.2 Å². The minimum Gasteiger partial charge on any atom is -0.506 e. The van der Waals surface area contributed by atoms with Gasteiger partial charge in [-0.25, -0.2) is 0 Å². The summed E-state index contributed by atoms with van der Waals surface area (Å²) in [5.74, 6) is 0.236. The molecule has 0 aliphatic heterocycles. The first-order valence-electron chi connectivity index (χ1n) is 6.94. The number of hydrogen-bond acceptors (Lipinski definition) is 2. The average molecular weight is 266 g/mol. The highest BCUT2D eigenvalue weighted by Crippen LogP contribution is 2.47. The quantitative estimate of drug-likeness (QED) is 0.762. The second-order valence-corrected chi connectivity index (χ2v) is 6.17. The molecule has 0 bridgehead atoms. The number of aromatic hydroxyl groups is 1. The highest BCUT2D eigenvalue weighted by molar-refractivity contribution is 6.33. The SMILES string of the molecule is NC1(c2cc3c(c(Cl)c2O)CCCCC3)CCC1. The third-order valence-corrected chi connectivity index (χ3v) is 5.00. The van der Waals surface area contributed by atoms with Gasteiger partial charge in [0.25, 0.3) is 0 Å². The maximum atomic E-state index is 10.3. The third-order valence-electron chi connectivity index (χ3n) is 4.59. The molecule has 0 saturated heterocycles. The molecule has 98 valence electrons. The largest absolute Gasteiger partial charge is 0.506 e. The molecule has 0 unspecified atom stereocenters. The molecular weight excluding hydrogens is 246 g/mol. The summed E-state index contributed by atoms with van der Waals surface area (Å²) in [4.78, 5) is 0. The Morgan fingerprint density at radius 2 is 1.83 bits per heavy atom. The molecule has 0 spiro atoms. The standard InChI is InChI=1S/C15H20ClNO/c16-13-11-6-3-1-2-5-10(11)9-12(14(13)18)15(17)7-4-8-15/h9,18H,1-8,17H2. The van der Waals surface area contributed by atoms with E-state index in [9.17, 15) is 5.11 Å². The highest BCUT2D eigenvalue weighted by atomic mass is 35.5. The zero-order chi connectivity index (χ0) is 12.8. The number of fused-ring (bicyclic) bond motifs is 1. The van der Waals surface area contributed by atoms with Crippen molar-refractivity contribution >= 4 is 11.6 Å². The highest BCUT2D eigenvalue weighted by Gasteiger charge is 2.38. The zero-order valence-corrected chi connectivity index (χ0v) is 11.4. The summed E-state index contributed by atoms with van der Waals surface area (Å²) < 4.78 is 0. The van der Waals surface area contributed by atoms with E-state index in [1.807, 2.05) is 0 Å². The first kappa shape index (κ1) is 12.3. The molecule has 3 rings (SSSR count). The Morgan fingerprint density at radius 3 is 2.50 bits per heavy atom. The molecular formula is C15H20ClNO. The van der Waals surface area contributed by atoms with Crippen LogP contribution in [0.4, 0.5) is 0 Å². The van der Waals surface area contributed by atoms with Gasteiger partial charge in [0.2, 0.25) is 0 Å². The smallest absolute Gasteiger partial charge is 0.139 e. The fraction of sp³-hybridized carbons (Fsp3) is 0.600. The second kappa shape index (κ2) is 4.43. The van der Waals surface area contributed by atoms with Gasteiger partial charge in [-0.05, 0) is 62.1 Å². The van der Waals surface area contributed by atoms with Crippen molar-refractivity contribution in [2.24, 2.45) is 5.73 Å². The maximum Gasteiger partial charge on any atom is 0.139 e. The maximum absolute atomic E-state index is 10.3. The lowest BCUT2D eigenvalue weighted by molar-refractivity contribution is 0.245. The minimum atomic E-state index is -0.338. The van der Waals surface area contributed by atoms with Crippen LogP contribution in [0.5, 0.6) is 5.75 Å². The van der Waals surface area contributed by atoms with Gasteiger partial charge in [0.15, 0.2) is 0 Å². The Labute approximate surface area is 113 Å². The van der Waals surface area contributed by atoms with Crippen molar-refractivity contribution in [3.8, 4) is 5.75 Å². The van der Waals surface area contributed by atoms with Gasteiger partial charge in [-0.2, -0.15) is 0 Å². The van der Waals surface area contributed by atoms with Crippen LogP contribution in [0.1, 0.15) is 55.2 Å². The third kappa shape index (κ3) is 1.83. The summed E-state index contributed by atoms with van der Waals surface area (Å²) in [6, 6.07) is 2.13. The summed E-state index contributed by atoms with van der Waals surface area (Å²) in [6.45, 7) is 0. The lowest BCUT2D eigenvalue weighted by Crippen LogP contribution is -2.43. The van der Waals surface area contributed by atoms with Crippen molar-refractivity contribution in [3.05, 3.63) is 27.8 Å². The average Bonchev–Trinajstić information content (AvgIpc) is 2.56. The molecule has 18 heavy (non-hydrogen) atoms. The first-order valence-corrected chi connectivity index (χ1v) is 7.32. The Morgan fingerprint density at radius 1 is 1.11 bits per heavy atom. The van der Waals surface area contributed by atoms with E-state index < -0.39 is 0 Å². The Balaban J connectivity index is 2.11. The van der Waals surface area contributed by atoms with E-state index in [1.165, 1.54) is 24.8 Å². The molecule has 1 aromatic rings. The predicted molar refractivity (Wildman–Crippen MR) is 74.1 cm³/mol. The van der Waals surface area contributed by atoms with E-state index in [-0.39, 0.29) is 11.3 Å². The molecule has 0 amide bonds. The number of nitrogens with two attached hydrogens (primary N) is 1. The fourth-order valence-corrected chi connectivity index (χ4v) is 3.54. The van der Waals surface area contributed by atoms with E-state index >= 15 is 0 Å². The number of phenols is 1. The van der Waals surface area contributed by atoms with E-state index in [0.29, 0.717) is 5.02 Å². The molecule has 1 fully saturated rings. The van der Waals surface area contributed by atoms with Crippen molar-refractivity contribution in [3.63, 3.8) is 0 Å². The van der Waals surface area contributed by atoms with E-state index in [1.54, 1.807) is 0 Å². The van der Waals surface area contributed by atoms with E-state index in [0.717, 1.165) is 43.2 Å². The molecule has 0 aromatic heterocycles. The van der Waals surface area contributed by atoms with Gasteiger partial charge in [-0.1, -0.05) is 18.0 Å². The number of hydrogen-bond donors (Lipinski definition) is 2. The lowest BCUT2D eigenvalue weighted by Gasteiger charge is -2.39. The zero-order valence-electron chi connectivity index (χ0n) is 10.6. The van der Waals surface area contributed by atoms with Gasteiger partial charge in [0.1, 0.15) is 5.75 Å². The van der Waals surface area contributed by atoms with Crippen LogP contribution in [-0.2, 0) is 18.4 Å². The predicted octanol–water partition coefficient (Wildman–Crippen LogP) is 3.65. The monoisotopic (exact) mass is 265 g/mol. The van der Waals surface area contributed by atoms with Crippen LogP contribution >= 0.6 is 11.6 Å². The molecule has 0 radical (unpaired) electrons. The Hall–Kier alpha value is -0.730. The van der Waals surface area contributed by atoms with Gasteiger partial charge in [-0.15, -0.1) is 0 Å². The first-order chi connectivity index (χ1) is 8.62. The van der Waals surface area contributed by atoms with Crippen molar-refractivity contribution in [2.45, 2.75) is 56.9 Å². The molecule has 2 aliphatic rings.